The maximum absolute atomic E-state index is 12.7. The van der Waals surface area contributed by atoms with Crippen LogP contribution in [0.4, 0.5) is 0 Å². The van der Waals surface area contributed by atoms with E-state index in [0.717, 1.165) is 19.3 Å². The molecule has 0 aliphatic heterocycles. The highest BCUT2D eigenvalue weighted by Crippen LogP contribution is 2.20. The van der Waals surface area contributed by atoms with Gasteiger partial charge in [-0.15, -0.1) is 0 Å². The summed E-state index contributed by atoms with van der Waals surface area (Å²) in [5.41, 5.74) is -0.697. The molecule has 34 heavy (non-hydrogen) atoms. The lowest BCUT2D eigenvalue weighted by Crippen LogP contribution is -2.57. The fourth-order valence-electron chi connectivity index (χ4n) is 3.88. The lowest BCUT2D eigenvalue weighted by atomic mass is 9.86. The molecule has 0 saturated carbocycles. The molecule has 198 valence electrons. The third-order valence-electron chi connectivity index (χ3n) is 6.15. The van der Waals surface area contributed by atoms with Crippen molar-refractivity contribution in [3.63, 3.8) is 0 Å². The van der Waals surface area contributed by atoms with Gasteiger partial charge in [0.2, 0.25) is 11.7 Å². The number of hydrogen-bond acceptors (Lipinski definition) is 4. The largest absolute Gasteiger partial charge is 0.480 e. The Morgan fingerprint density at radius 2 is 1.18 bits per heavy atom. The molecule has 0 aliphatic rings. The molecule has 0 fully saturated rings. The fourth-order valence-corrected chi connectivity index (χ4v) is 3.88. The van der Waals surface area contributed by atoms with E-state index in [-0.39, 0.29) is 12.3 Å². The smallest absolute Gasteiger partial charge is 0.326 e. The van der Waals surface area contributed by atoms with Crippen molar-refractivity contribution in [1.29, 1.82) is 0 Å². The predicted octanol–water partition coefficient (Wildman–Crippen LogP) is 5.40. The van der Waals surface area contributed by atoms with Crippen LogP contribution in [-0.2, 0) is 19.2 Å². The van der Waals surface area contributed by atoms with Gasteiger partial charge >= 0.3 is 5.97 Å². The van der Waals surface area contributed by atoms with Gasteiger partial charge < -0.3 is 15.7 Å². The van der Waals surface area contributed by atoms with Crippen LogP contribution in [0, 0.1) is 11.3 Å². The average molecular weight is 483 g/mol. The summed E-state index contributed by atoms with van der Waals surface area (Å²) in [6.07, 6.45) is 14.4. The van der Waals surface area contributed by atoms with Gasteiger partial charge in [0.15, 0.2) is 0 Å². The number of hydrogen-bond donors (Lipinski definition) is 3. The molecular formula is C27H50N2O5. The second-order valence-corrected chi connectivity index (χ2v) is 10.9. The summed E-state index contributed by atoms with van der Waals surface area (Å²) < 4.78 is 0. The Labute approximate surface area is 207 Å². The number of carbonyl (C=O) groups is 4. The molecule has 2 amide bonds. The van der Waals surface area contributed by atoms with Crippen LogP contribution in [-0.4, -0.2) is 40.8 Å². The molecule has 3 N–H and O–H groups in total. The van der Waals surface area contributed by atoms with E-state index in [4.69, 9.17) is 0 Å². The number of ketones is 1. The lowest BCUT2D eigenvalue weighted by Gasteiger charge is -2.30. The minimum atomic E-state index is -1.14. The molecule has 7 nitrogen and oxygen atoms in total. The summed E-state index contributed by atoms with van der Waals surface area (Å²) in [5.74, 6) is -3.34. The van der Waals surface area contributed by atoms with Crippen LogP contribution in [0.15, 0.2) is 0 Å². The average Bonchev–Trinajstić information content (AvgIpc) is 2.74. The highest BCUT2D eigenvalue weighted by atomic mass is 16.4. The minimum absolute atomic E-state index is 0.162. The Balaban J connectivity index is 4.28. The van der Waals surface area contributed by atoms with Crippen LogP contribution in [0.1, 0.15) is 125 Å². The SMILES string of the molecule is CCCCCCCCCCCCCCC(=O)C(=O)NC(C(=O)NC(C(=O)O)C(C)(C)C)C(C)C. The Kier molecular flexibility index (Phi) is 16.5. The minimum Gasteiger partial charge on any atom is -0.480 e. The Morgan fingerprint density at radius 1 is 0.735 bits per heavy atom. The van der Waals surface area contributed by atoms with Crippen molar-refractivity contribution in [1.82, 2.24) is 10.6 Å². The Hall–Kier alpha value is -1.92. The normalized spacial score (nSPS) is 13.4. The molecular weight excluding hydrogens is 432 g/mol. The lowest BCUT2D eigenvalue weighted by molar-refractivity contribution is -0.146. The molecule has 0 spiro atoms. The van der Waals surface area contributed by atoms with E-state index in [1.54, 1.807) is 34.6 Å². The molecule has 2 atom stereocenters. The monoisotopic (exact) mass is 482 g/mol. The van der Waals surface area contributed by atoms with Crippen molar-refractivity contribution in [2.75, 3.05) is 0 Å². The van der Waals surface area contributed by atoms with Crippen molar-refractivity contribution in [2.24, 2.45) is 11.3 Å². The van der Waals surface area contributed by atoms with Gasteiger partial charge in [0.05, 0.1) is 0 Å². The number of nitrogens with one attached hydrogen (secondary N) is 2. The summed E-state index contributed by atoms with van der Waals surface area (Å²) in [6.45, 7) is 10.9. The number of amides is 2. The third-order valence-corrected chi connectivity index (χ3v) is 6.15. The standard InChI is InChI=1S/C27H50N2O5/c1-7-8-9-10-11-12-13-14-15-16-17-18-19-21(30)24(31)28-22(20(2)3)25(32)29-23(26(33)34)27(4,5)6/h20,22-23H,7-19H2,1-6H3,(H,28,31)(H,29,32)(H,33,34). The number of aliphatic carboxylic acids is 1. The molecule has 0 rings (SSSR count). The second-order valence-electron chi connectivity index (χ2n) is 10.9. The van der Waals surface area contributed by atoms with Crippen molar-refractivity contribution < 1.29 is 24.3 Å². The molecule has 0 heterocycles. The number of carboxylic acid groups (broad SMARTS) is 1. The zero-order valence-electron chi connectivity index (χ0n) is 22.5. The van der Waals surface area contributed by atoms with Crippen molar-refractivity contribution >= 4 is 23.6 Å². The quantitative estimate of drug-likeness (QED) is 0.168. The van der Waals surface area contributed by atoms with Gasteiger partial charge in [-0.05, 0) is 17.8 Å². The first kappa shape index (κ1) is 32.1. The number of Topliss-reactive ketones (excluding diaryl/α,β-unsaturated/α-hetero) is 1. The van der Waals surface area contributed by atoms with Gasteiger partial charge in [-0.25, -0.2) is 4.79 Å². The van der Waals surface area contributed by atoms with Gasteiger partial charge in [-0.1, -0.05) is 112 Å². The zero-order valence-corrected chi connectivity index (χ0v) is 22.5. The first-order valence-electron chi connectivity index (χ1n) is 13.3. The molecule has 0 radical (unpaired) electrons. The highest BCUT2D eigenvalue weighted by molar-refractivity contribution is 6.36. The summed E-state index contributed by atoms with van der Waals surface area (Å²) >= 11 is 0. The van der Waals surface area contributed by atoms with E-state index >= 15 is 0 Å². The third kappa shape index (κ3) is 14.4. The van der Waals surface area contributed by atoms with E-state index in [0.29, 0.717) is 6.42 Å². The Bertz CT molecular complexity index is 625. The summed E-state index contributed by atoms with van der Waals surface area (Å²) in [5, 5.41) is 14.5. The molecule has 0 saturated heterocycles. The number of rotatable bonds is 19. The van der Waals surface area contributed by atoms with E-state index in [9.17, 15) is 24.3 Å². The second kappa shape index (κ2) is 17.5. The molecule has 2 unspecified atom stereocenters. The van der Waals surface area contributed by atoms with Crippen molar-refractivity contribution in [2.45, 2.75) is 137 Å². The van der Waals surface area contributed by atoms with E-state index in [1.807, 2.05) is 0 Å². The van der Waals surface area contributed by atoms with Crippen LogP contribution in [0.25, 0.3) is 0 Å². The van der Waals surface area contributed by atoms with Crippen LogP contribution in [0.5, 0.6) is 0 Å². The Morgan fingerprint density at radius 3 is 1.56 bits per heavy atom. The van der Waals surface area contributed by atoms with E-state index < -0.39 is 41.1 Å². The van der Waals surface area contributed by atoms with E-state index in [1.165, 1.54) is 51.4 Å². The highest BCUT2D eigenvalue weighted by Gasteiger charge is 2.36. The molecule has 0 bridgehead atoms. The van der Waals surface area contributed by atoms with Crippen molar-refractivity contribution in [3.8, 4) is 0 Å². The van der Waals surface area contributed by atoms with Crippen LogP contribution < -0.4 is 10.6 Å². The maximum atomic E-state index is 12.7. The zero-order chi connectivity index (χ0) is 26.1. The summed E-state index contributed by atoms with van der Waals surface area (Å²) in [7, 11) is 0. The first-order chi connectivity index (χ1) is 15.9. The van der Waals surface area contributed by atoms with Gasteiger partial charge in [0.25, 0.3) is 5.91 Å². The summed E-state index contributed by atoms with van der Waals surface area (Å²) in [4.78, 5) is 48.8. The van der Waals surface area contributed by atoms with Crippen molar-refractivity contribution in [3.05, 3.63) is 0 Å². The van der Waals surface area contributed by atoms with Gasteiger partial charge in [-0.2, -0.15) is 0 Å². The molecule has 0 aromatic heterocycles. The topological polar surface area (TPSA) is 113 Å². The molecule has 7 heteroatoms. The van der Waals surface area contributed by atoms with Crippen LogP contribution in [0.2, 0.25) is 0 Å². The molecule has 0 aliphatic carbocycles. The predicted molar refractivity (Wildman–Crippen MR) is 136 cm³/mol. The number of unbranched alkanes of at least 4 members (excludes halogenated alkanes) is 11. The number of carbonyl (C=O) groups excluding carboxylic acids is 3. The maximum Gasteiger partial charge on any atom is 0.326 e. The number of carboxylic acids is 1. The molecule has 0 aromatic carbocycles. The van der Waals surface area contributed by atoms with Crippen LogP contribution in [0.3, 0.4) is 0 Å². The van der Waals surface area contributed by atoms with Gasteiger partial charge in [-0.3, -0.25) is 14.4 Å². The van der Waals surface area contributed by atoms with Crippen LogP contribution >= 0.6 is 0 Å². The van der Waals surface area contributed by atoms with E-state index in [2.05, 4.69) is 17.6 Å². The van der Waals surface area contributed by atoms with Gasteiger partial charge in [0.1, 0.15) is 12.1 Å². The first-order valence-corrected chi connectivity index (χ1v) is 13.3. The summed E-state index contributed by atoms with van der Waals surface area (Å²) in [6, 6.07) is -2.07. The molecule has 0 aromatic rings. The fraction of sp³-hybridized carbons (Fsp3) is 0.852. The van der Waals surface area contributed by atoms with Gasteiger partial charge in [0, 0.05) is 6.42 Å².